The molecule has 0 aliphatic heterocycles. The lowest BCUT2D eigenvalue weighted by atomic mass is 9.78. The van der Waals surface area contributed by atoms with Crippen molar-refractivity contribution < 1.29 is 5.11 Å². The van der Waals surface area contributed by atoms with E-state index in [1.165, 1.54) is 6.42 Å². The highest BCUT2D eigenvalue weighted by atomic mass is 35.5. The second-order valence-corrected chi connectivity index (χ2v) is 6.11. The average molecular weight is 293 g/mol. The number of hydrogen-bond acceptors (Lipinski definition) is 3. The molecule has 0 spiro atoms. The predicted octanol–water partition coefficient (Wildman–Crippen LogP) is 3.95. The van der Waals surface area contributed by atoms with Crippen molar-refractivity contribution in [2.24, 2.45) is 5.92 Å². The molecule has 4 heteroatoms. The Morgan fingerprint density at radius 3 is 2.75 bits per heavy atom. The van der Waals surface area contributed by atoms with Gasteiger partial charge in [0.15, 0.2) is 0 Å². The van der Waals surface area contributed by atoms with E-state index in [9.17, 15) is 5.11 Å². The van der Waals surface area contributed by atoms with E-state index in [4.69, 9.17) is 16.9 Å². The maximum Gasteiger partial charge on any atom is 0.103 e. The standard InChI is InChI=1S/C16H21ClN2O/c1-2-12-6-8-16(20,9-7-12)11-19-15-5-3-4-14(17)13(15)10-18/h3-5,12,19-20H,2,6-9,11H2,1H3. The van der Waals surface area contributed by atoms with Gasteiger partial charge < -0.3 is 10.4 Å². The lowest BCUT2D eigenvalue weighted by Crippen LogP contribution is -2.40. The molecule has 3 nitrogen and oxygen atoms in total. The third kappa shape index (κ3) is 3.45. The molecule has 0 saturated heterocycles. The molecule has 2 rings (SSSR count). The van der Waals surface area contributed by atoms with Crippen LogP contribution >= 0.6 is 11.6 Å². The van der Waals surface area contributed by atoms with Gasteiger partial charge in [0.2, 0.25) is 0 Å². The van der Waals surface area contributed by atoms with Gasteiger partial charge in [0.1, 0.15) is 6.07 Å². The van der Waals surface area contributed by atoms with E-state index in [0.29, 0.717) is 22.8 Å². The molecule has 2 N–H and O–H groups in total. The molecule has 0 bridgehead atoms. The Kier molecular flexibility index (Phi) is 4.91. The quantitative estimate of drug-likeness (QED) is 0.883. The molecule has 1 aromatic rings. The van der Waals surface area contributed by atoms with Crippen LogP contribution < -0.4 is 5.32 Å². The summed E-state index contributed by atoms with van der Waals surface area (Å²) in [7, 11) is 0. The minimum absolute atomic E-state index is 0.444. The maximum absolute atomic E-state index is 10.6. The molecule has 1 aromatic carbocycles. The van der Waals surface area contributed by atoms with E-state index >= 15 is 0 Å². The molecule has 1 aliphatic rings. The third-order valence-electron chi connectivity index (χ3n) is 4.35. The van der Waals surface area contributed by atoms with Crippen LogP contribution in [-0.2, 0) is 0 Å². The number of nitrogens with zero attached hydrogens (tertiary/aromatic N) is 1. The predicted molar refractivity (Wildman–Crippen MR) is 81.9 cm³/mol. The maximum atomic E-state index is 10.6. The highest BCUT2D eigenvalue weighted by Gasteiger charge is 2.32. The number of nitriles is 1. The van der Waals surface area contributed by atoms with Gasteiger partial charge in [-0.15, -0.1) is 0 Å². The fraction of sp³-hybridized carbons (Fsp3) is 0.562. The lowest BCUT2D eigenvalue weighted by Gasteiger charge is -2.36. The summed E-state index contributed by atoms with van der Waals surface area (Å²) in [4.78, 5) is 0. The van der Waals surface area contributed by atoms with Crippen molar-refractivity contribution in [3.05, 3.63) is 28.8 Å². The van der Waals surface area contributed by atoms with E-state index < -0.39 is 5.60 Å². The van der Waals surface area contributed by atoms with Crippen molar-refractivity contribution in [3.63, 3.8) is 0 Å². The molecule has 0 unspecified atom stereocenters. The molecule has 0 amide bonds. The van der Waals surface area contributed by atoms with Crippen LogP contribution in [0.1, 0.15) is 44.6 Å². The number of halogens is 1. The van der Waals surface area contributed by atoms with E-state index in [1.54, 1.807) is 6.07 Å². The summed E-state index contributed by atoms with van der Waals surface area (Å²) in [6, 6.07) is 7.44. The summed E-state index contributed by atoms with van der Waals surface area (Å²) in [6.45, 7) is 2.68. The normalized spacial score (nSPS) is 26.0. The summed E-state index contributed by atoms with van der Waals surface area (Å²) < 4.78 is 0. The van der Waals surface area contributed by atoms with Crippen LogP contribution in [0.25, 0.3) is 0 Å². The second-order valence-electron chi connectivity index (χ2n) is 5.70. The van der Waals surface area contributed by atoms with Crippen LogP contribution in [0.4, 0.5) is 5.69 Å². The van der Waals surface area contributed by atoms with Crippen LogP contribution in [0.5, 0.6) is 0 Å². The monoisotopic (exact) mass is 292 g/mol. The Labute approximate surface area is 125 Å². The van der Waals surface area contributed by atoms with Crippen LogP contribution in [0.15, 0.2) is 18.2 Å². The Morgan fingerprint density at radius 1 is 1.45 bits per heavy atom. The van der Waals surface area contributed by atoms with Gasteiger partial charge in [-0.3, -0.25) is 0 Å². The molecular formula is C16H21ClN2O. The van der Waals surface area contributed by atoms with Gasteiger partial charge >= 0.3 is 0 Å². The minimum Gasteiger partial charge on any atom is -0.388 e. The zero-order valence-electron chi connectivity index (χ0n) is 11.8. The number of aliphatic hydroxyl groups is 1. The number of nitrogens with one attached hydrogen (secondary N) is 1. The molecule has 0 heterocycles. The zero-order chi connectivity index (χ0) is 14.6. The van der Waals surface area contributed by atoms with Crippen molar-refractivity contribution in [2.45, 2.75) is 44.6 Å². The summed E-state index contributed by atoms with van der Waals surface area (Å²) in [5.41, 5.74) is 0.479. The van der Waals surface area contributed by atoms with Gasteiger partial charge in [-0.2, -0.15) is 5.26 Å². The first-order chi connectivity index (χ1) is 9.58. The lowest BCUT2D eigenvalue weighted by molar-refractivity contribution is 0.00229. The van der Waals surface area contributed by atoms with Crippen molar-refractivity contribution in [2.75, 3.05) is 11.9 Å². The van der Waals surface area contributed by atoms with Gasteiger partial charge in [0.05, 0.1) is 21.9 Å². The van der Waals surface area contributed by atoms with Gasteiger partial charge in [0, 0.05) is 6.54 Å². The van der Waals surface area contributed by atoms with Crippen LogP contribution in [0.3, 0.4) is 0 Å². The van der Waals surface area contributed by atoms with Gasteiger partial charge in [-0.1, -0.05) is 31.0 Å². The number of anilines is 1. The van der Waals surface area contributed by atoms with E-state index in [2.05, 4.69) is 18.3 Å². The largest absolute Gasteiger partial charge is 0.388 e. The number of benzene rings is 1. The average Bonchev–Trinajstić information content (AvgIpc) is 2.46. The highest BCUT2D eigenvalue weighted by Crippen LogP contribution is 2.34. The number of rotatable bonds is 4. The molecule has 1 fully saturated rings. The fourth-order valence-corrected chi connectivity index (χ4v) is 3.06. The molecule has 108 valence electrons. The summed E-state index contributed by atoms with van der Waals surface area (Å²) in [6.07, 6.45) is 4.99. The first-order valence-electron chi connectivity index (χ1n) is 7.23. The summed E-state index contributed by atoms with van der Waals surface area (Å²) in [5, 5.41) is 23.4. The van der Waals surface area contributed by atoms with E-state index in [-0.39, 0.29) is 0 Å². The molecule has 1 aliphatic carbocycles. The molecule has 20 heavy (non-hydrogen) atoms. The van der Waals surface area contributed by atoms with Gasteiger partial charge in [-0.25, -0.2) is 0 Å². The Hall–Kier alpha value is -1.24. The van der Waals surface area contributed by atoms with Crippen molar-refractivity contribution in [1.82, 2.24) is 0 Å². The second kappa shape index (κ2) is 6.47. The molecule has 0 atom stereocenters. The van der Waals surface area contributed by atoms with Crippen LogP contribution in [0, 0.1) is 17.2 Å². The highest BCUT2D eigenvalue weighted by molar-refractivity contribution is 6.32. The SMILES string of the molecule is CCC1CCC(O)(CNc2cccc(Cl)c2C#N)CC1. The van der Waals surface area contributed by atoms with E-state index in [0.717, 1.165) is 31.6 Å². The molecule has 1 saturated carbocycles. The first kappa shape index (κ1) is 15.2. The first-order valence-corrected chi connectivity index (χ1v) is 7.60. The fourth-order valence-electron chi connectivity index (χ4n) is 2.84. The van der Waals surface area contributed by atoms with E-state index in [1.807, 2.05) is 12.1 Å². The molecule has 0 aromatic heterocycles. The van der Waals surface area contributed by atoms with Crippen molar-refractivity contribution >= 4 is 17.3 Å². The topological polar surface area (TPSA) is 56.0 Å². The van der Waals surface area contributed by atoms with Crippen LogP contribution in [-0.4, -0.2) is 17.3 Å². The Bertz CT molecular complexity index is 502. The summed E-state index contributed by atoms with van der Waals surface area (Å²) >= 11 is 6.00. The smallest absolute Gasteiger partial charge is 0.103 e. The summed E-state index contributed by atoms with van der Waals surface area (Å²) in [5.74, 6) is 0.746. The molecule has 0 radical (unpaired) electrons. The van der Waals surface area contributed by atoms with Gasteiger partial charge in [-0.05, 0) is 43.7 Å². The molecular weight excluding hydrogens is 272 g/mol. The van der Waals surface area contributed by atoms with Gasteiger partial charge in [0.25, 0.3) is 0 Å². The minimum atomic E-state index is -0.666. The van der Waals surface area contributed by atoms with Crippen molar-refractivity contribution in [1.29, 1.82) is 5.26 Å². The number of hydrogen-bond donors (Lipinski definition) is 2. The zero-order valence-corrected chi connectivity index (χ0v) is 12.6. The Morgan fingerprint density at radius 2 is 2.15 bits per heavy atom. The Balaban J connectivity index is 1.99. The third-order valence-corrected chi connectivity index (χ3v) is 4.66. The van der Waals surface area contributed by atoms with Crippen molar-refractivity contribution in [3.8, 4) is 6.07 Å². The van der Waals surface area contributed by atoms with Crippen LogP contribution in [0.2, 0.25) is 5.02 Å².